The van der Waals surface area contributed by atoms with E-state index in [0.29, 0.717) is 42.9 Å². The Kier molecular flexibility index (Phi) is 10.6. The minimum Gasteiger partial charge on any atom is -0.493 e. The van der Waals surface area contributed by atoms with Crippen molar-refractivity contribution >= 4 is 35.5 Å². The number of benzene rings is 2. The number of fused-ring (bicyclic) bond motifs is 1. The molecule has 34 heavy (non-hydrogen) atoms. The predicted molar refractivity (Wildman–Crippen MR) is 124 cm³/mol. The van der Waals surface area contributed by atoms with E-state index in [1.54, 1.807) is 6.92 Å². The van der Waals surface area contributed by atoms with E-state index in [-0.39, 0.29) is 28.4 Å². The summed E-state index contributed by atoms with van der Waals surface area (Å²) in [5, 5.41) is 14.6. The first-order valence-corrected chi connectivity index (χ1v) is 10.9. The van der Waals surface area contributed by atoms with Crippen LogP contribution in [0.4, 0.5) is 8.78 Å². The maximum Gasteiger partial charge on any atom is 0.262 e. The Hall–Kier alpha value is -2.88. The van der Waals surface area contributed by atoms with Crippen molar-refractivity contribution in [3.05, 3.63) is 69.9 Å². The zero-order valence-corrected chi connectivity index (χ0v) is 19.8. The van der Waals surface area contributed by atoms with E-state index in [4.69, 9.17) is 32.7 Å². The van der Waals surface area contributed by atoms with Gasteiger partial charge in [-0.2, -0.15) is 0 Å². The number of hydrogen-bond acceptors (Lipinski definition) is 5. The third-order valence-electron chi connectivity index (χ3n) is 4.54. The van der Waals surface area contributed by atoms with Gasteiger partial charge in [0.15, 0.2) is 6.61 Å². The molecule has 2 aromatic rings. The molecule has 0 saturated carbocycles. The topological polar surface area (TPSA) is 96.9 Å². The molecule has 2 unspecified atom stereocenters. The molecule has 2 aromatic carbocycles. The van der Waals surface area contributed by atoms with Crippen LogP contribution >= 0.6 is 23.2 Å². The molecular formula is C23H24Cl2F2N2O5. The zero-order chi connectivity index (χ0) is 25.3. The molecule has 3 rings (SSSR count). The van der Waals surface area contributed by atoms with E-state index in [1.807, 2.05) is 0 Å². The number of amides is 2. The molecule has 1 heterocycles. The predicted octanol–water partition coefficient (Wildman–Crippen LogP) is 4.31. The van der Waals surface area contributed by atoms with Gasteiger partial charge >= 0.3 is 0 Å². The van der Waals surface area contributed by atoms with Crippen LogP contribution in [0, 0.1) is 11.6 Å². The molecule has 0 spiro atoms. The van der Waals surface area contributed by atoms with Crippen molar-refractivity contribution in [1.29, 1.82) is 0 Å². The summed E-state index contributed by atoms with van der Waals surface area (Å²) in [5.41, 5.74) is 1.02. The van der Waals surface area contributed by atoms with E-state index in [0.717, 1.165) is 6.07 Å². The largest absolute Gasteiger partial charge is 0.493 e. The van der Waals surface area contributed by atoms with Gasteiger partial charge in [-0.15, -0.1) is 0 Å². The average molecular weight is 517 g/mol. The third kappa shape index (κ3) is 8.48. The summed E-state index contributed by atoms with van der Waals surface area (Å²) in [4.78, 5) is 21.9. The summed E-state index contributed by atoms with van der Waals surface area (Å²) in [6.07, 6.45) is 0.911. The van der Waals surface area contributed by atoms with Crippen molar-refractivity contribution < 1.29 is 33.0 Å². The lowest BCUT2D eigenvalue weighted by atomic mass is 10.0. The maximum absolute atomic E-state index is 13.2. The molecule has 0 aromatic heterocycles. The molecule has 2 amide bonds. The molecule has 2 atom stereocenters. The first-order chi connectivity index (χ1) is 16.1. The lowest BCUT2D eigenvalue weighted by Gasteiger charge is -2.22. The fourth-order valence-corrected chi connectivity index (χ4v) is 3.20. The second kappa shape index (κ2) is 13.1. The second-order valence-electron chi connectivity index (χ2n) is 7.36. The van der Waals surface area contributed by atoms with Crippen LogP contribution in [0.25, 0.3) is 0 Å². The van der Waals surface area contributed by atoms with Crippen molar-refractivity contribution in [3.8, 4) is 11.5 Å². The van der Waals surface area contributed by atoms with Crippen LogP contribution in [0.5, 0.6) is 11.5 Å². The first-order valence-electron chi connectivity index (χ1n) is 10.2. The third-order valence-corrected chi connectivity index (χ3v) is 5.14. The number of aliphatic hydroxyl groups excluding tert-OH is 1. The zero-order valence-electron chi connectivity index (χ0n) is 18.2. The van der Waals surface area contributed by atoms with Gasteiger partial charge in [-0.3, -0.25) is 9.59 Å². The summed E-state index contributed by atoms with van der Waals surface area (Å²) in [5.74, 6) is -0.967. The number of ether oxygens (including phenoxy) is 2. The number of rotatable bonds is 8. The highest BCUT2D eigenvalue weighted by atomic mass is 35.5. The highest BCUT2D eigenvalue weighted by Gasteiger charge is 2.21. The van der Waals surface area contributed by atoms with Crippen molar-refractivity contribution in [2.75, 3.05) is 13.2 Å². The van der Waals surface area contributed by atoms with E-state index in [9.17, 15) is 23.5 Å². The van der Waals surface area contributed by atoms with Gasteiger partial charge in [-0.05, 0) is 25.1 Å². The average Bonchev–Trinajstić information content (AvgIpc) is 2.76. The van der Waals surface area contributed by atoms with Crippen LogP contribution in [0.2, 0.25) is 10.0 Å². The molecule has 184 valence electrons. The van der Waals surface area contributed by atoms with Gasteiger partial charge in [0.05, 0.1) is 22.8 Å². The number of carbonyl (C=O) groups is 2. The van der Waals surface area contributed by atoms with Gasteiger partial charge in [0.1, 0.15) is 23.1 Å². The molecule has 11 heteroatoms. The maximum atomic E-state index is 13.2. The van der Waals surface area contributed by atoms with Gasteiger partial charge < -0.3 is 25.2 Å². The lowest BCUT2D eigenvalue weighted by Crippen LogP contribution is -2.32. The highest BCUT2D eigenvalue weighted by Crippen LogP contribution is 2.35. The minimum atomic E-state index is -0.618. The fraction of sp³-hybridized carbons (Fsp3) is 0.304. The van der Waals surface area contributed by atoms with Crippen molar-refractivity contribution in [2.45, 2.75) is 31.9 Å². The van der Waals surface area contributed by atoms with E-state index < -0.39 is 23.6 Å². The summed E-state index contributed by atoms with van der Waals surface area (Å²) >= 11 is 11.1. The summed E-state index contributed by atoms with van der Waals surface area (Å²) in [6, 6.07) is 6.39. The van der Waals surface area contributed by atoms with Crippen molar-refractivity contribution in [1.82, 2.24) is 10.6 Å². The number of aliphatic hydroxyl groups is 1. The second-order valence-corrected chi connectivity index (χ2v) is 8.18. The van der Waals surface area contributed by atoms with Gasteiger partial charge in [0, 0.05) is 42.3 Å². The van der Waals surface area contributed by atoms with Crippen LogP contribution < -0.4 is 20.1 Å². The number of halogens is 4. The molecule has 3 N–H and O–H groups in total. The van der Waals surface area contributed by atoms with Crippen LogP contribution in [-0.4, -0.2) is 36.7 Å². The SMILES string of the molecule is C=C(CC(C)NC=O)NC(=O)COc1ccc(Cl)c(F)c1.OC1CCOc2cc(F)c(Cl)cc21. The molecule has 0 aliphatic carbocycles. The highest BCUT2D eigenvalue weighted by molar-refractivity contribution is 6.31. The van der Waals surface area contributed by atoms with E-state index in [2.05, 4.69) is 17.2 Å². The van der Waals surface area contributed by atoms with E-state index >= 15 is 0 Å². The van der Waals surface area contributed by atoms with Gasteiger partial charge in [-0.25, -0.2) is 8.78 Å². The summed E-state index contributed by atoms with van der Waals surface area (Å²) in [7, 11) is 0. The lowest BCUT2D eigenvalue weighted by molar-refractivity contribution is -0.122. The van der Waals surface area contributed by atoms with Crippen LogP contribution in [0.15, 0.2) is 42.6 Å². The van der Waals surface area contributed by atoms with E-state index in [1.165, 1.54) is 24.3 Å². The molecule has 0 fully saturated rings. The number of nitrogens with one attached hydrogen (secondary N) is 2. The Morgan fingerprint density at radius 1 is 1.29 bits per heavy atom. The minimum absolute atomic E-state index is 0.0168. The van der Waals surface area contributed by atoms with Crippen molar-refractivity contribution in [3.63, 3.8) is 0 Å². The summed E-state index contributed by atoms with van der Waals surface area (Å²) < 4.78 is 36.4. The molecule has 0 radical (unpaired) electrons. The molecule has 0 bridgehead atoms. The van der Waals surface area contributed by atoms with Gasteiger partial charge in [-0.1, -0.05) is 29.8 Å². The molecular weight excluding hydrogens is 493 g/mol. The molecule has 1 aliphatic rings. The quantitative estimate of drug-likeness (QED) is 0.454. The Bertz CT molecular complexity index is 1040. The molecule has 1 aliphatic heterocycles. The van der Waals surface area contributed by atoms with Crippen molar-refractivity contribution in [2.24, 2.45) is 0 Å². The Morgan fingerprint density at radius 2 is 2.00 bits per heavy atom. The van der Waals surface area contributed by atoms with Gasteiger partial charge in [0.2, 0.25) is 6.41 Å². The fourth-order valence-electron chi connectivity index (χ4n) is 2.91. The number of hydrogen-bond donors (Lipinski definition) is 3. The molecule has 0 saturated heterocycles. The van der Waals surface area contributed by atoms with Crippen LogP contribution in [0.1, 0.15) is 31.4 Å². The normalized spacial score (nSPS) is 14.9. The standard InChI is InChI=1S/C14H16ClFN2O3.C9H8ClFO2/c1-9(17-8-19)5-10(2)18-14(20)7-21-11-3-4-12(15)13(16)6-11;10-6-3-5-8(12)1-2-13-9(5)4-7(6)11/h3-4,6,8-9H,2,5,7H2,1H3,(H,17,19)(H,18,20);3-4,8,12H,1-2H2. The Balaban J connectivity index is 0.000000266. The van der Waals surface area contributed by atoms with Crippen LogP contribution in [0.3, 0.4) is 0 Å². The van der Waals surface area contributed by atoms with Crippen LogP contribution in [-0.2, 0) is 9.59 Å². The Morgan fingerprint density at radius 3 is 2.68 bits per heavy atom. The smallest absolute Gasteiger partial charge is 0.262 e. The Labute approximate surface area is 205 Å². The first kappa shape index (κ1) is 27.4. The summed E-state index contributed by atoms with van der Waals surface area (Å²) in [6.45, 7) is 5.58. The monoisotopic (exact) mass is 516 g/mol. The molecule has 7 nitrogen and oxygen atoms in total. The van der Waals surface area contributed by atoms with Gasteiger partial charge in [0.25, 0.3) is 5.91 Å². The number of carbonyl (C=O) groups excluding carboxylic acids is 2.